The molecule has 16 heavy (non-hydrogen) atoms. The number of hydrogen-bond acceptors (Lipinski definition) is 4. The first-order valence-electron chi connectivity index (χ1n) is 4.51. The number of anilines is 1. The largest absolute Gasteiger partial charge is 0.478 e. The molecule has 0 atom stereocenters. The maximum Gasteiger partial charge on any atom is 0.331 e. The molecule has 1 aromatic heterocycles. The van der Waals surface area contributed by atoms with Crippen molar-refractivity contribution in [3.63, 3.8) is 0 Å². The van der Waals surface area contributed by atoms with Gasteiger partial charge in [-0.25, -0.2) is 14.8 Å². The summed E-state index contributed by atoms with van der Waals surface area (Å²) >= 11 is 0. The molecule has 0 bridgehead atoms. The van der Waals surface area contributed by atoms with E-state index in [0.717, 1.165) is 0 Å². The van der Waals surface area contributed by atoms with E-state index in [1.165, 1.54) is 26.2 Å². The van der Waals surface area contributed by atoms with Gasteiger partial charge in [0.25, 0.3) is 5.91 Å². The van der Waals surface area contributed by atoms with Crippen molar-refractivity contribution in [2.24, 2.45) is 0 Å². The van der Waals surface area contributed by atoms with Gasteiger partial charge in [0, 0.05) is 23.5 Å². The summed E-state index contributed by atoms with van der Waals surface area (Å²) in [7, 11) is 0. The molecule has 0 saturated heterocycles. The predicted molar refractivity (Wildman–Crippen MR) is 56.7 cm³/mol. The molecular weight excluding hydrogens is 210 g/mol. The number of amides is 1. The van der Waals surface area contributed by atoms with E-state index < -0.39 is 11.9 Å². The van der Waals surface area contributed by atoms with Crippen LogP contribution < -0.4 is 5.32 Å². The molecule has 6 heteroatoms. The molecule has 6 nitrogen and oxygen atoms in total. The minimum absolute atomic E-state index is 0.00608. The van der Waals surface area contributed by atoms with Crippen LogP contribution in [0.15, 0.2) is 29.6 Å². The first kappa shape index (κ1) is 11.8. The fraction of sp³-hybridized carbons (Fsp3) is 0.200. The zero-order valence-electron chi connectivity index (χ0n) is 8.89. The van der Waals surface area contributed by atoms with Crippen LogP contribution in [0.3, 0.4) is 0 Å². The van der Waals surface area contributed by atoms with Gasteiger partial charge in [0.2, 0.25) is 5.95 Å². The van der Waals surface area contributed by atoms with Crippen molar-refractivity contribution in [3.8, 4) is 0 Å². The summed E-state index contributed by atoms with van der Waals surface area (Å²) in [5.74, 6) is -1.50. The number of carbonyl (C=O) groups is 2. The zero-order chi connectivity index (χ0) is 12.1. The third-order valence-electron chi connectivity index (χ3n) is 2.01. The molecule has 1 rings (SSSR count). The summed E-state index contributed by atoms with van der Waals surface area (Å²) in [6.07, 6.45) is 2.96. The average Bonchev–Trinajstić information content (AvgIpc) is 2.28. The molecule has 0 aliphatic rings. The lowest BCUT2D eigenvalue weighted by Crippen LogP contribution is -2.17. The van der Waals surface area contributed by atoms with Crippen LogP contribution in [0.5, 0.6) is 0 Å². The molecule has 0 radical (unpaired) electrons. The van der Waals surface area contributed by atoms with Crippen molar-refractivity contribution in [1.82, 2.24) is 9.97 Å². The Morgan fingerprint density at radius 1 is 1.19 bits per heavy atom. The molecule has 0 unspecified atom stereocenters. The molecule has 2 N–H and O–H groups in total. The minimum Gasteiger partial charge on any atom is -0.478 e. The van der Waals surface area contributed by atoms with Crippen molar-refractivity contribution < 1.29 is 14.7 Å². The molecule has 1 heterocycles. The normalized spacial score (nSPS) is 11.6. The van der Waals surface area contributed by atoms with E-state index in [4.69, 9.17) is 5.11 Å². The van der Waals surface area contributed by atoms with Gasteiger partial charge in [0.1, 0.15) is 0 Å². The molecule has 1 aromatic rings. The smallest absolute Gasteiger partial charge is 0.331 e. The van der Waals surface area contributed by atoms with Crippen molar-refractivity contribution >= 4 is 17.8 Å². The molecule has 0 fully saturated rings. The van der Waals surface area contributed by atoms with Crippen LogP contribution >= 0.6 is 0 Å². The second kappa shape index (κ2) is 5.01. The molecular formula is C10H11N3O3. The van der Waals surface area contributed by atoms with Crippen molar-refractivity contribution in [2.75, 3.05) is 5.32 Å². The van der Waals surface area contributed by atoms with Crippen LogP contribution in [0.1, 0.15) is 13.8 Å². The summed E-state index contributed by atoms with van der Waals surface area (Å²) < 4.78 is 0. The van der Waals surface area contributed by atoms with Gasteiger partial charge >= 0.3 is 5.97 Å². The van der Waals surface area contributed by atoms with Crippen LogP contribution in [-0.4, -0.2) is 27.0 Å². The Balaban J connectivity index is 2.82. The first-order valence-corrected chi connectivity index (χ1v) is 4.51. The van der Waals surface area contributed by atoms with Crippen molar-refractivity contribution in [1.29, 1.82) is 0 Å². The van der Waals surface area contributed by atoms with Gasteiger partial charge in [-0.2, -0.15) is 0 Å². The average molecular weight is 221 g/mol. The van der Waals surface area contributed by atoms with Gasteiger partial charge in [-0.15, -0.1) is 0 Å². The SMILES string of the molecule is C/C(C(=O)O)=C(/C)C(=O)Nc1ncccn1. The van der Waals surface area contributed by atoms with Crippen molar-refractivity contribution in [3.05, 3.63) is 29.6 Å². The number of rotatable bonds is 3. The number of carboxylic acid groups (broad SMARTS) is 1. The summed E-state index contributed by atoms with van der Waals surface area (Å²) in [4.78, 5) is 29.8. The van der Waals surface area contributed by atoms with Crippen LogP contribution in [0.4, 0.5) is 5.95 Å². The van der Waals surface area contributed by atoms with E-state index in [1.54, 1.807) is 6.07 Å². The number of nitrogens with zero attached hydrogens (tertiary/aromatic N) is 2. The topological polar surface area (TPSA) is 92.2 Å². The molecule has 84 valence electrons. The highest BCUT2D eigenvalue weighted by atomic mass is 16.4. The molecule has 0 saturated carbocycles. The molecule has 0 aliphatic heterocycles. The van der Waals surface area contributed by atoms with Gasteiger partial charge < -0.3 is 5.11 Å². The quantitative estimate of drug-likeness (QED) is 0.738. The Morgan fingerprint density at radius 3 is 2.25 bits per heavy atom. The summed E-state index contributed by atoms with van der Waals surface area (Å²) in [6.45, 7) is 2.80. The Labute approximate surface area is 92.0 Å². The number of hydrogen-bond donors (Lipinski definition) is 2. The fourth-order valence-corrected chi connectivity index (χ4v) is 0.890. The Bertz CT molecular complexity index is 440. The highest BCUT2D eigenvalue weighted by molar-refractivity contribution is 6.07. The van der Waals surface area contributed by atoms with Crippen LogP contribution in [-0.2, 0) is 9.59 Å². The minimum atomic E-state index is -1.12. The van der Waals surface area contributed by atoms with E-state index in [-0.39, 0.29) is 17.1 Å². The monoisotopic (exact) mass is 221 g/mol. The van der Waals surface area contributed by atoms with Gasteiger partial charge in [-0.05, 0) is 19.9 Å². The third-order valence-corrected chi connectivity index (χ3v) is 2.01. The lowest BCUT2D eigenvalue weighted by atomic mass is 10.1. The van der Waals surface area contributed by atoms with Crippen molar-refractivity contribution in [2.45, 2.75) is 13.8 Å². The lowest BCUT2D eigenvalue weighted by Gasteiger charge is -2.04. The Kier molecular flexibility index (Phi) is 3.71. The Morgan fingerprint density at radius 2 is 1.75 bits per heavy atom. The maximum atomic E-state index is 11.5. The van der Waals surface area contributed by atoms with Gasteiger partial charge in [-0.3, -0.25) is 10.1 Å². The van der Waals surface area contributed by atoms with E-state index in [9.17, 15) is 9.59 Å². The highest BCUT2D eigenvalue weighted by Crippen LogP contribution is 2.06. The Hall–Kier alpha value is -2.24. The van der Waals surface area contributed by atoms with E-state index >= 15 is 0 Å². The standard InChI is InChI=1S/C10H11N3O3/c1-6(7(2)9(15)16)8(14)13-10-11-4-3-5-12-10/h3-5H,1-2H3,(H,15,16)(H,11,12,13,14)/b7-6+. The fourth-order valence-electron chi connectivity index (χ4n) is 0.890. The maximum absolute atomic E-state index is 11.5. The number of carboxylic acids is 1. The first-order chi connectivity index (χ1) is 7.52. The van der Waals surface area contributed by atoms with E-state index in [2.05, 4.69) is 15.3 Å². The summed E-state index contributed by atoms with van der Waals surface area (Å²) in [5, 5.41) is 11.1. The predicted octanol–water partition coefficient (Wildman–Crippen LogP) is 0.836. The number of aliphatic carboxylic acids is 1. The number of aromatic nitrogens is 2. The van der Waals surface area contributed by atoms with Crippen LogP contribution in [0.25, 0.3) is 0 Å². The molecule has 1 amide bonds. The number of carbonyl (C=O) groups excluding carboxylic acids is 1. The molecule has 0 spiro atoms. The highest BCUT2D eigenvalue weighted by Gasteiger charge is 2.13. The van der Waals surface area contributed by atoms with Gasteiger partial charge in [-0.1, -0.05) is 0 Å². The molecule has 0 aromatic carbocycles. The summed E-state index contributed by atoms with van der Waals surface area (Å²) in [6, 6.07) is 1.61. The van der Waals surface area contributed by atoms with Crippen LogP contribution in [0.2, 0.25) is 0 Å². The van der Waals surface area contributed by atoms with Gasteiger partial charge in [0.15, 0.2) is 0 Å². The second-order valence-corrected chi connectivity index (χ2v) is 3.08. The molecule has 0 aliphatic carbocycles. The van der Waals surface area contributed by atoms with E-state index in [0.29, 0.717) is 0 Å². The number of nitrogens with one attached hydrogen (secondary N) is 1. The lowest BCUT2D eigenvalue weighted by molar-refractivity contribution is -0.133. The third kappa shape index (κ3) is 2.88. The van der Waals surface area contributed by atoms with Crippen LogP contribution in [0, 0.1) is 0 Å². The zero-order valence-corrected chi connectivity index (χ0v) is 8.89. The van der Waals surface area contributed by atoms with Gasteiger partial charge in [0.05, 0.1) is 0 Å². The second-order valence-electron chi connectivity index (χ2n) is 3.08. The van der Waals surface area contributed by atoms with E-state index in [1.807, 2.05) is 0 Å². The summed E-state index contributed by atoms with van der Waals surface area (Å²) in [5.41, 5.74) is 0.119.